The van der Waals surface area contributed by atoms with E-state index in [-0.39, 0.29) is 12.6 Å². The van der Waals surface area contributed by atoms with Crippen LogP contribution in [0, 0.1) is 5.95 Å². The van der Waals surface area contributed by atoms with Crippen molar-refractivity contribution in [3.05, 3.63) is 24.1 Å². The fraction of sp³-hybridized carbons (Fsp3) is 0.500. The number of aromatic nitrogens is 1. The summed E-state index contributed by atoms with van der Waals surface area (Å²) in [5, 5.41) is 9.22. The zero-order valence-corrected chi connectivity index (χ0v) is 9.08. The Labute approximate surface area is 92.3 Å². The number of nitrogens with zero attached hydrogens (tertiary/aromatic N) is 2. The third-order valence-corrected chi connectivity index (χ3v) is 3.52. The maximum absolute atomic E-state index is 12.9. The lowest BCUT2D eigenvalue weighted by Crippen LogP contribution is -2.45. The van der Waals surface area contributed by atoms with Gasteiger partial charge >= 0.3 is 0 Å². The van der Waals surface area contributed by atoms with Crippen LogP contribution in [0.15, 0.2) is 18.2 Å². The van der Waals surface area contributed by atoms with Gasteiger partial charge in [0.15, 0.2) is 0 Å². The van der Waals surface area contributed by atoms with Crippen molar-refractivity contribution in [3.8, 4) is 0 Å². The Kier molecular flexibility index (Phi) is 3.43. The highest BCUT2D eigenvalue weighted by atomic mass is 32.2. The lowest BCUT2D eigenvalue weighted by atomic mass is 10.2. The first-order valence-corrected chi connectivity index (χ1v) is 6.04. The number of rotatable bonds is 2. The van der Waals surface area contributed by atoms with Crippen LogP contribution >= 0.6 is 11.8 Å². The molecule has 1 aliphatic heterocycles. The summed E-state index contributed by atoms with van der Waals surface area (Å²) in [6.07, 6.45) is 0. The van der Waals surface area contributed by atoms with Crippen molar-refractivity contribution in [2.75, 3.05) is 29.6 Å². The second-order valence-corrected chi connectivity index (χ2v) is 4.57. The van der Waals surface area contributed by atoms with Crippen molar-refractivity contribution >= 4 is 17.6 Å². The van der Waals surface area contributed by atoms with Crippen molar-refractivity contribution in [1.29, 1.82) is 0 Å². The number of anilines is 1. The standard InChI is InChI=1S/C10H13FN2OS/c11-9-2-1-3-10(12-9)13-4-5-15-7-8(13)6-14/h1-3,8,14H,4-7H2. The molecule has 0 radical (unpaired) electrons. The molecule has 1 aliphatic rings. The Morgan fingerprint density at radius 2 is 2.47 bits per heavy atom. The van der Waals surface area contributed by atoms with Gasteiger partial charge in [0.1, 0.15) is 5.82 Å². The molecule has 0 amide bonds. The molecule has 1 aromatic heterocycles. The lowest BCUT2D eigenvalue weighted by Gasteiger charge is -2.35. The summed E-state index contributed by atoms with van der Waals surface area (Å²) in [5.41, 5.74) is 0. The fourth-order valence-corrected chi connectivity index (χ4v) is 2.72. The normalized spacial score (nSPS) is 21.7. The molecule has 1 atom stereocenters. The minimum Gasteiger partial charge on any atom is -0.394 e. The Morgan fingerprint density at radius 1 is 1.60 bits per heavy atom. The maximum atomic E-state index is 12.9. The minimum absolute atomic E-state index is 0.0537. The van der Waals surface area contributed by atoms with Crippen LogP contribution in [-0.2, 0) is 0 Å². The van der Waals surface area contributed by atoms with Gasteiger partial charge in [-0.15, -0.1) is 0 Å². The first kappa shape index (κ1) is 10.7. The number of halogens is 1. The highest BCUT2D eigenvalue weighted by Gasteiger charge is 2.23. The summed E-state index contributed by atoms with van der Waals surface area (Å²) in [7, 11) is 0. The van der Waals surface area contributed by atoms with Crippen LogP contribution in [-0.4, -0.2) is 40.8 Å². The smallest absolute Gasteiger partial charge is 0.214 e. The molecule has 82 valence electrons. The molecule has 2 heterocycles. The molecule has 2 rings (SSSR count). The van der Waals surface area contributed by atoms with E-state index in [0.717, 1.165) is 18.1 Å². The Morgan fingerprint density at radius 3 is 3.20 bits per heavy atom. The summed E-state index contributed by atoms with van der Waals surface area (Å²) in [4.78, 5) is 5.81. The molecular weight excluding hydrogens is 215 g/mol. The zero-order chi connectivity index (χ0) is 10.7. The highest BCUT2D eigenvalue weighted by Crippen LogP contribution is 2.22. The lowest BCUT2D eigenvalue weighted by molar-refractivity contribution is 0.267. The van der Waals surface area contributed by atoms with Crippen LogP contribution in [0.2, 0.25) is 0 Å². The van der Waals surface area contributed by atoms with E-state index in [1.807, 2.05) is 16.7 Å². The fourth-order valence-electron chi connectivity index (χ4n) is 1.67. The molecular formula is C10H13FN2OS. The second kappa shape index (κ2) is 4.81. The number of thioether (sulfide) groups is 1. The summed E-state index contributed by atoms with van der Waals surface area (Å²) in [6.45, 7) is 0.900. The average Bonchev–Trinajstić information content (AvgIpc) is 2.29. The van der Waals surface area contributed by atoms with Gasteiger partial charge in [0, 0.05) is 18.1 Å². The topological polar surface area (TPSA) is 36.4 Å². The third kappa shape index (κ3) is 2.41. The summed E-state index contributed by atoms with van der Waals surface area (Å²) >= 11 is 1.81. The second-order valence-electron chi connectivity index (χ2n) is 3.42. The van der Waals surface area contributed by atoms with Gasteiger partial charge in [0.05, 0.1) is 12.6 Å². The quantitative estimate of drug-likeness (QED) is 0.770. The largest absolute Gasteiger partial charge is 0.394 e. The summed E-state index contributed by atoms with van der Waals surface area (Å²) in [6, 6.07) is 4.81. The zero-order valence-electron chi connectivity index (χ0n) is 8.27. The van der Waals surface area contributed by atoms with Crippen molar-refractivity contribution in [3.63, 3.8) is 0 Å². The molecule has 1 saturated heterocycles. The van der Waals surface area contributed by atoms with E-state index in [9.17, 15) is 9.50 Å². The molecule has 1 N–H and O–H groups in total. The molecule has 0 aliphatic carbocycles. The molecule has 5 heteroatoms. The predicted molar refractivity (Wildman–Crippen MR) is 59.7 cm³/mol. The Bertz CT molecular complexity index is 337. The van der Waals surface area contributed by atoms with Gasteiger partial charge in [-0.2, -0.15) is 16.2 Å². The van der Waals surface area contributed by atoms with E-state index >= 15 is 0 Å². The molecule has 3 nitrogen and oxygen atoms in total. The monoisotopic (exact) mass is 228 g/mol. The van der Waals surface area contributed by atoms with E-state index in [2.05, 4.69) is 4.98 Å². The molecule has 1 fully saturated rings. The molecule has 0 aromatic carbocycles. The Hall–Kier alpha value is -0.810. The van der Waals surface area contributed by atoms with Gasteiger partial charge < -0.3 is 10.0 Å². The van der Waals surface area contributed by atoms with Crippen LogP contribution < -0.4 is 4.90 Å². The van der Waals surface area contributed by atoms with Crippen molar-refractivity contribution in [2.45, 2.75) is 6.04 Å². The molecule has 0 bridgehead atoms. The highest BCUT2D eigenvalue weighted by molar-refractivity contribution is 7.99. The Balaban J connectivity index is 2.20. The SMILES string of the molecule is OCC1CSCCN1c1cccc(F)n1. The molecule has 15 heavy (non-hydrogen) atoms. The third-order valence-electron chi connectivity index (χ3n) is 2.43. The van der Waals surface area contributed by atoms with Gasteiger partial charge in [0.2, 0.25) is 5.95 Å². The summed E-state index contributed by atoms with van der Waals surface area (Å²) in [5.74, 6) is 2.01. The van der Waals surface area contributed by atoms with E-state index in [0.29, 0.717) is 5.82 Å². The summed E-state index contributed by atoms with van der Waals surface area (Å²) < 4.78 is 12.9. The van der Waals surface area contributed by atoms with E-state index in [1.165, 1.54) is 6.07 Å². The molecule has 0 saturated carbocycles. The van der Waals surface area contributed by atoms with E-state index in [4.69, 9.17) is 0 Å². The van der Waals surface area contributed by atoms with Crippen LogP contribution in [0.25, 0.3) is 0 Å². The van der Waals surface area contributed by atoms with Gasteiger partial charge in [-0.25, -0.2) is 4.98 Å². The predicted octanol–water partition coefficient (Wildman–Crippen LogP) is 1.13. The number of hydrogen-bond donors (Lipinski definition) is 1. The van der Waals surface area contributed by atoms with Gasteiger partial charge in [-0.3, -0.25) is 0 Å². The van der Waals surface area contributed by atoms with Crippen LogP contribution in [0.5, 0.6) is 0 Å². The average molecular weight is 228 g/mol. The van der Waals surface area contributed by atoms with Gasteiger partial charge in [-0.1, -0.05) is 6.07 Å². The minimum atomic E-state index is -0.470. The van der Waals surface area contributed by atoms with Crippen LogP contribution in [0.1, 0.15) is 0 Å². The van der Waals surface area contributed by atoms with Crippen molar-refractivity contribution < 1.29 is 9.50 Å². The first-order chi connectivity index (χ1) is 7.31. The number of aliphatic hydroxyl groups is 1. The number of hydrogen-bond acceptors (Lipinski definition) is 4. The molecule has 0 spiro atoms. The van der Waals surface area contributed by atoms with Crippen LogP contribution in [0.4, 0.5) is 10.2 Å². The van der Waals surface area contributed by atoms with Crippen molar-refractivity contribution in [2.24, 2.45) is 0 Å². The van der Waals surface area contributed by atoms with Gasteiger partial charge in [0.25, 0.3) is 0 Å². The molecule has 1 unspecified atom stereocenters. The van der Waals surface area contributed by atoms with Gasteiger partial charge in [-0.05, 0) is 12.1 Å². The number of pyridine rings is 1. The molecule has 1 aromatic rings. The first-order valence-electron chi connectivity index (χ1n) is 4.89. The maximum Gasteiger partial charge on any atom is 0.214 e. The van der Waals surface area contributed by atoms with Crippen molar-refractivity contribution in [1.82, 2.24) is 4.98 Å². The number of aliphatic hydroxyl groups excluding tert-OH is 1. The van der Waals surface area contributed by atoms with E-state index < -0.39 is 5.95 Å². The van der Waals surface area contributed by atoms with Crippen LogP contribution in [0.3, 0.4) is 0 Å². The van der Waals surface area contributed by atoms with E-state index in [1.54, 1.807) is 12.1 Å².